The molecule has 0 saturated carbocycles. The summed E-state index contributed by atoms with van der Waals surface area (Å²) >= 11 is 0. The lowest BCUT2D eigenvalue weighted by atomic mass is 10.0. The van der Waals surface area contributed by atoms with Gasteiger partial charge in [-0.25, -0.2) is 4.79 Å². The van der Waals surface area contributed by atoms with Crippen molar-refractivity contribution in [3.63, 3.8) is 0 Å². The molecule has 6 nitrogen and oxygen atoms in total. The highest BCUT2D eigenvalue weighted by Gasteiger charge is 2.17. The molecule has 0 aliphatic heterocycles. The Bertz CT molecular complexity index is 480. The van der Waals surface area contributed by atoms with Crippen LogP contribution in [0.2, 0.25) is 0 Å². The number of halogens is 1. The second-order valence-corrected chi connectivity index (χ2v) is 4.53. The van der Waals surface area contributed by atoms with Gasteiger partial charge in [-0.3, -0.25) is 4.79 Å². The van der Waals surface area contributed by atoms with Gasteiger partial charge in [0.2, 0.25) is 5.91 Å². The molecule has 0 heterocycles. The highest BCUT2D eigenvalue weighted by atomic mass is 35.5. The van der Waals surface area contributed by atoms with Crippen molar-refractivity contribution in [1.29, 1.82) is 0 Å². The zero-order chi connectivity index (χ0) is 15.1. The van der Waals surface area contributed by atoms with Gasteiger partial charge in [-0.05, 0) is 19.1 Å². The van der Waals surface area contributed by atoms with Crippen LogP contribution in [0.15, 0.2) is 24.3 Å². The molecule has 0 radical (unpaired) electrons. The van der Waals surface area contributed by atoms with Crippen molar-refractivity contribution in [2.75, 3.05) is 19.0 Å². The number of esters is 1. The van der Waals surface area contributed by atoms with Crippen molar-refractivity contribution in [2.24, 2.45) is 11.7 Å². The van der Waals surface area contributed by atoms with E-state index in [4.69, 9.17) is 10.5 Å². The van der Waals surface area contributed by atoms with E-state index in [-0.39, 0.29) is 36.9 Å². The first-order valence-corrected chi connectivity index (χ1v) is 6.30. The van der Waals surface area contributed by atoms with Crippen molar-refractivity contribution >= 4 is 30.0 Å². The van der Waals surface area contributed by atoms with Gasteiger partial charge in [0.05, 0.1) is 13.0 Å². The Morgan fingerprint density at radius 2 is 2.00 bits per heavy atom. The van der Waals surface area contributed by atoms with E-state index in [1.165, 1.54) is 7.11 Å². The molecule has 2 unspecified atom stereocenters. The summed E-state index contributed by atoms with van der Waals surface area (Å²) in [4.78, 5) is 22.9. The highest BCUT2D eigenvalue weighted by molar-refractivity contribution is 5.92. The first kappa shape index (κ1) is 19.2. The molecule has 0 spiro atoms. The van der Waals surface area contributed by atoms with Crippen molar-refractivity contribution in [3.8, 4) is 5.75 Å². The van der Waals surface area contributed by atoms with Crippen LogP contribution in [-0.4, -0.2) is 31.6 Å². The smallest absolute Gasteiger partial charge is 0.343 e. The number of nitrogens with two attached hydrogens (primary N) is 1. The standard InChI is InChI=1S/C14H20N2O4.ClH/c1-9(10(2)15)14(18)16-11-5-4-6-12(7-11)20-8-13(17)19-3;/h4-7,9-10H,8,15H2,1-3H3,(H,16,18);1H. The van der Waals surface area contributed by atoms with Crippen LogP contribution in [0.5, 0.6) is 5.75 Å². The van der Waals surface area contributed by atoms with Crippen LogP contribution in [0.3, 0.4) is 0 Å². The minimum Gasteiger partial charge on any atom is -0.482 e. The van der Waals surface area contributed by atoms with E-state index in [0.29, 0.717) is 11.4 Å². The van der Waals surface area contributed by atoms with Crippen LogP contribution in [0.4, 0.5) is 5.69 Å². The molecule has 0 bridgehead atoms. The van der Waals surface area contributed by atoms with Gasteiger partial charge in [-0.2, -0.15) is 0 Å². The van der Waals surface area contributed by atoms with Crippen molar-refractivity contribution < 1.29 is 19.1 Å². The monoisotopic (exact) mass is 316 g/mol. The minimum absolute atomic E-state index is 0. The number of methoxy groups -OCH3 is 1. The maximum atomic E-state index is 11.9. The molecule has 0 aromatic heterocycles. The summed E-state index contributed by atoms with van der Waals surface area (Å²) in [5, 5.41) is 2.75. The zero-order valence-corrected chi connectivity index (χ0v) is 13.1. The molecular formula is C14H21ClN2O4. The molecular weight excluding hydrogens is 296 g/mol. The van der Waals surface area contributed by atoms with E-state index in [2.05, 4.69) is 10.1 Å². The summed E-state index contributed by atoms with van der Waals surface area (Å²) in [7, 11) is 1.29. The largest absolute Gasteiger partial charge is 0.482 e. The average molecular weight is 317 g/mol. The lowest BCUT2D eigenvalue weighted by Crippen LogP contribution is -2.34. The number of hydrogen-bond donors (Lipinski definition) is 2. The first-order valence-electron chi connectivity index (χ1n) is 6.30. The topological polar surface area (TPSA) is 90.6 Å². The SMILES string of the molecule is COC(=O)COc1cccc(NC(=O)C(C)C(C)N)c1.Cl. The molecule has 0 aliphatic rings. The fourth-order valence-corrected chi connectivity index (χ4v) is 1.36. The predicted molar refractivity (Wildman–Crippen MR) is 82.6 cm³/mol. The molecule has 2 atom stereocenters. The maximum Gasteiger partial charge on any atom is 0.343 e. The van der Waals surface area contributed by atoms with Crippen LogP contribution >= 0.6 is 12.4 Å². The second-order valence-electron chi connectivity index (χ2n) is 4.53. The Labute approximate surface area is 130 Å². The average Bonchev–Trinajstić information content (AvgIpc) is 2.44. The first-order chi connectivity index (χ1) is 9.43. The van der Waals surface area contributed by atoms with Gasteiger partial charge >= 0.3 is 5.97 Å². The Balaban J connectivity index is 0.00000400. The van der Waals surface area contributed by atoms with Gasteiger partial charge in [0, 0.05) is 17.8 Å². The number of nitrogens with one attached hydrogen (secondary N) is 1. The lowest BCUT2D eigenvalue weighted by Gasteiger charge is -2.15. The lowest BCUT2D eigenvalue weighted by molar-refractivity contribution is -0.142. The predicted octanol–water partition coefficient (Wildman–Crippen LogP) is 1.58. The van der Waals surface area contributed by atoms with Gasteiger partial charge in [0.1, 0.15) is 5.75 Å². The summed E-state index contributed by atoms with van der Waals surface area (Å²) in [5.74, 6) is -0.452. The van der Waals surface area contributed by atoms with Gasteiger partial charge in [-0.1, -0.05) is 13.0 Å². The van der Waals surface area contributed by atoms with Crippen LogP contribution < -0.4 is 15.8 Å². The van der Waals surface area contributed by atoms with E-state index >= 15 is 0 Å². The quantitative estimate of drug-likeness (QED) is 0.778. The molecule has 21 heavy (non-hydrogen) atoms. The van der Waals surface area contributed by atoms with E-state index < -0.39 is 5.97 Å². The highest BCUT2D eigenvalue weighted by Crippen LogP contribution is 2.18. The Hall–Kier alpha value is -1.79. The second kappa shape index (κ2) is 9.20. The van der Waals surface area contributed by atoms with Gasteiger partial charge in [-0.15, -0.1) is 12.4 Å². The number of ether oxygens (including phenoxy) is 2. The number of anilines is 1. The Kier molecular flexibility index (Phi) is 8.42. The number of benzene rings is 1. The summed E-state index contributed by atoms with van der Waals surface area (Å²) in [6, 6.07) is 6.55. The third kappa shape index (κ3) is 6.46. The Morgan fingerprint density at radius 3 is 2.57 bits per heavy atom. The molecule has 0 saturated heterocycles. The summed E-state index contributed by atoms with van der Waals surface area (Å²) in [5.41, 5.74) is 6.27. The minimum atomic E-state index is -0.468. The van der Waals surface area contributed by atoms with Crippen molar-refractivity contribution in [2.45, 2.75) is 19.9 Å². The number of amides is 1. The molecule has 118 valence electrons. The molecule has 7 heteroatoms. The van der Waals surface area contributed by atoms with Crippen LogP contribution in [0.25, 0.3) is 0 Å². The van der Waals surface area contributed by atoms with Crippen LogP contribution in [-0.2, 0) is 14.3 Å². The molecule has 3 N–H and O–H groups in total. The fraction of sp³-hybridized carbons (Fsp3) is 0.429. The molecule has 0 aliphatic carbocycles. The van der Waals surface area contributed by atoms with Crippen molar-refractivity contribution in [1.82, 2.24) is 0 Å². The number of carbonyl (C=O) groups excluding carboxylic acids is 2. The summed E-state index contributed by atoms with van der Waals surface area (Å²) in [6.45, 7) is 3.36. The van der Waals surface area contributed by atoms with Gasteiger partial charge in [0.15, 0.2) is 6.61 Å². The molecule has 1 rings (SSSR count). The number of hydrogen-bond acceptors (Lipinski definition) is 5. The molecule has 0 fully saturated rings. The van der Waals surface area contributed by atoms with Crippen LogP contribution in [0.1, 0.15) is 13.8 Å². The maximum absolute atomic E-state index is 11.9. The third-order valence-corrected chi connectivity index (χ3v) is 2.89. The fourth-order valence-electron chi connectivity index (χ4n) is 1.36. The Morgan fingerprint density at radius 1 is 1.33 bits per heavy atom. The molecule has 1 amide bonds. The van der Waals surface area contributed by atoms with Gasteiger partial charge in [0.25, 0.3) is 0 Å². The van der Waals surface area contributed by atoms with E-state index in [9.17, 15) is 9.59 Å². The van der Waals surface area contributed by atoms with Crippen molar-refractivity contribution in [3.05, 3.63) is 24.3 Å². The van der Waals surface area contributed by atoms with Gasteiger partial charge < -0.3 is 20.5 Å². The number of carbonyl (C=O) groups is 2. The summed E-state index contributed by atoms with van der Waals surface area (Å²) in [6.07, 6.45) is 0. The van der Waals surface area contributed by atoms with E-state index in [1.54, 1.807) is 38.1 Å². The number of rotatable bonds is 6. The normalized spacial score (nSPS) is 12.6. The van der Waals surface area contributed by atoms with E-state index in [0.717, 1.165) is 0 Å². The van der Waals surface area contributed by atoms with E-state index in [1.807, 2.05) is 0 Å². The molecule has 1 aromatic carbocycles. The summed E-state index contributed by atoms with van der Waals surface area (Å²) < 4.78 is 9.72. The third-order valence-electron chi connectivity index (χ3n) is 2.89. The molecule has 1 aromatic rings. The zero-order valence-electron chi connectivity index (χ0n) is 12.3. The van der Waals surface area contributed by atoms with Crippen LogP contribution in [0, 0.1) is 5.92 Å².